The first kappa shape index (κ1) is 19.7. The fraction of sp³-hybridized carbons (Fsp3) is 0.190. The molecule has 0 spiro atoms. The molecule has 0 bridgehead atoms. The maximum absolute atomic E-state index is 12.3. The molecule has 2 aromatic rings. The molecule has 2 rings (SSSR count). The number of rotatable bonds is 7. The molecular formula is C21H21N3O3. The third kappa shape index (κ3) is 6.33. The van der Waals surface area contributed by atoms with Crippen molar-refractivity contribution < 1.29 is 14.3 Å². The summed E-state index contributed by atoms with van der Waals surface area (Å²) >= 11 is 0. The summed E-state index contributed by atoms with van der Waals surface area (Å²) in [4.78, 5) is 23.3. The second-order valence-corrected chi connectivity index (χ2v) is 5.80. The highest BCUT2D eigenvalue weighted by Gasteiger charge is 2.10. The van der Waals surface area contributed by atoms with Crippen molar-refractivity contribution in [2.24, 2.45) is 0 Å². The number of carbonyl (C=O) groups is 2. The molecule has 0 atom stereocenters. The highest BCUT2D eigenvalue weighted by molar-refractivity contribution is 6.09. The molecule has 0 aromatic heterocycles. The highest BCUT2D eigenvalue weighted by Crippen LogP contribution is 2.17. The number of benzene rings is 2. The largest absolute Gasteiger partial charge is 0.494 e. The van der Waals surface area contributed by atoms with Crippen LogP contribution in [-0.4, -0.2) is 18.4 Å². The van der Waals surface area contributed by atoms with E-state index < -0.39 is 5.91 Å². The summed E-state index contributed by atoms with van der Waals surface area (Å²) in [6.07, 6.45) is 2.44. The standard InChI is InChI=1S/C21H21N3O3/c1-3-12-27-20-10-4-16(5-11-20)13-17(14-22)21(26)24-19-8-6-18(7-9-19)23-15(2)25/h4-11,13H,3,12H2,1-2H3,(H,23,25)(H,24,26)/b17-13+. The number of nitrogens with zero attached hydrogens (tertiary/aromatic N) is 1. The maximum atomic E-state index is 12.3. The average Bonchev–Trinajstić information content (AvgIpc) is 2.66. The van der Waals surface area contributed by atoms with E-state index in [1.165, 1.54) is 13.0 Å². The van der Waals surface area contributed by atoms with Gasteiger partial charge in [-0.25, -0.2) is 0 Å². The van der Waals surface area contributed by atoms with Crippen molar-refractivity contribution in [2.75, 3.05) is 17.2 Å². The minimum absolute atomic E-state index is 0.0110. The van der Waals surface area contributed by atoms with Crippen molar-refractivity contribution in [1.82, 2.24) is 0 Å². The molecule has 0 aliphatic rings. The Labute approximate surface area is 158 Å². The van der Waals surface area contributed by atoms with Crippen LogP contribution in [0.5, 0.6) is 5.75 Å². The van der Waals surface area contributed by atoms with Crippen LogP contribution in [0, 0.1) is 11.3 Å². The molecule has 2 aromatic carbocycles. The first-order valence-corrected chi connectivity index (χ1v) is 8.55. The van der Waals surface area contributed by atoms with E-state index in [9.17, 15) is 14.9 Å². The highest BCUT2D eigenvalue weighted by atomic mass is 16.5. The number of amides is 2. The monoisotopic (exact) mass is 363 g/mol. The number of ether oxygens (including phenoxy) is 1. The topological polar surface area (TPSA) is 91.2 Å². The molecule has 0 saturated carbocycles. The Hall–Kier alpha value is -3.59. The van der Waals surface area contributed by atoms with E-state index >= 15 is 0 Å². The van der Waals surface area contributed by atoms with Crippen molar-refractivity contribution in [3.8, 4) is 11.8 Å². The molecule has 0 saturated heterocycles. The molecule has 2 N–H and O–H groups in total. The maximum Gasteiger partial charge on any atom is 0.266 e. The van der Waals surface area contributed by atoms with Crippen LogP contribution in [0.2, 0.25) is 0 Å². The van der Waals surface area contributed by atoms with Gasteiger partial charge in [0.15, 0.2) is 0 Å². The predicted molar refractivity (Wildman–Crippen MR) is 105 cm³/mol. The molecule has 138 valence electrons. The fourth-order valence-electron chi connectivity index (χ4n) is 2.23. The van der Waals surface area contributed by atoms with Gasteiger partial charge in [-0.15, -0.1) is 0 Å². The molecular weight excluding hydrogens is 342 g/mol. The smallest absolute Gasteiger partial charge is 0.266 e. The van der Waals surface area contributed by atoms with Gasteiger partial charge in [0.05, 0.1) is 6.61 Å². The Morgan fingerprint density at radius 2 is 1.63 bits per heavy atom. The Kier molecular flexibility index (Phi) is 7.15. The van der Waals surface area contributed by atoms with Crippen molar-refractivity contribution in [2.45, 2.75) is 20.3 Å². The molecule has 0 aliphatic heterocycles. The Bertz CT molecular complexity index is 863. The summed E-state index contributed by atoms with van der Waals surface area (Å²) in [5.41, 5.74) is 1.87. The lowest BCUT2D eigenvalue weighted by Gasteiger charge is -2.07. The molecule has 2 amide bonds. The van der Waals surface area contributed by atoms with Crippen molar-refractivity contribution >= 4 is 29.3 Å². The van der Waals surface area contributed by atoms with Crippen molar-refractivity contribution in [3.05, 3.63) is 59.7 Å². The number of hydrogen-bond donors (Lipinski definition) is 2. The first-order valence-electron chi connectivity index (χ1n) is 8.55. The fourth-order valence-corrected chi connectivity index (χ4v) is 2.23. The number of nitrogens with one attached hydrogen (secondary N) is 2. The molecule has 0 aliphatic carbocycles. The predicted octanol–water partition coefficient (Wildman–Crippen LogP) is 3.98. The van der Waals surface area contributed by atoms with Gasteiger partial charge in [-0.3, -0.25) is 9.59 Å². The van der Waals surface area contributed by atoms with Crippen LogP contribution in [0.15, 0.2) is 54.1 Å². The van der Waals surface area contributed by atoms with Crippen molar-refractivity contribution in [1.29, 1.82) is 5.26 Å². The normalized spacial score (nSPS) is 10.6. The lowest BCUT2D eigenvalue weighted by molar-refractivity contribution is -0.114. The van der Waals surface area contributed by atoms with Gasteiger partial charge in [0.1, 0.15) is 17.4 Å². The third-order valence-electron chi connectivity index (χ3n) is 3.49. The van der Waals surface area contributed by atoms with Gasteiger partial charge >= 0.3 is 0 Å². The van der Waals surface area contributed by atoms with Crippen LogP contribution in [0.4, 0.5) is 11.4 Å². The van der Waals surface area contributed by atoms with E-state index in [0.29, 0.717) is 18.0 Å². The molecule has 0 heterocycles. The lowest BCUT2D eigenvalue weighted by Crippen LogP contribution is -2.13. The van der Waals surface area contributed by atoms with Gasteiger partial charge in [0, 0.05) is 18.3 Å². The Balaban J connectivity index is 2.05. The van der Waals surface area contributed by atoms with Crippen LogP contribution in [-0.2, 0) is 9.59 Å². The minimum Gasteiger partial charge on any atom is -0.494 e. The van der Waals surface area contributed by atoms with Gasteiger partial charge in [-0.05, 0) is 54.5 Å². The van der Waals surface area contributed by atoms with Gasteiger partial charge in [-0.1, -0.05) is 19.1 Å². The molecule has 0 fully saturated rings. The molecule has 0 radical (unpaired) electrons. The van der Waals surface area contributed by atoms with Crippen LogP contribution < -0.4 is 15.4 Å². The Morgan fingerprint density at radius 1 is 1.04 bits per heavy atom. The zero-order chi connectivity index (χ0) is 19.6. The minimum atomic E-state index is -0.504. The Morgan fingerprint density at radius 3 is 2.15 bits per heavy atom. The summed E-state index contributed by atoms with van der Waals surface area (Å²) in [5, 5.41) is 14.6. The van der Waals surface area contributed by atoms with Gasteiger partial charge in [0.25, 0.3) is 5.91 Å². The third-order valence-corrected chi connectivity index (χ3v) is 3.49. The van der Waals surface area contributed by atoms with E-state index in [1.807, 2.05) is 13.0 Å². The molecule has 6 heteroatoms. The number of nitriles is 1. The zero-order valence-corrected chi connectivity index (χ0v) is 15.3. The van der Waals surface area contributed by atoms with Gasteiger partial charge < -0.3 is 15.4 Å². The average molecular weight is 363 g/mol. The number of anilines is 2. The quantitative estimate of drug-likeness (QED) is 0.575. The summed E-state index contributed by atoms with van der Waals surface area (Å²) < 4.78 is 5.51. The van der Waals surface area contributed by atoms with E-state index in [-0.39, 0.29) is 11.5 Å². The van der Waals surface area contributed by atoms with Crippen molar-refractivity contribution in [3.63, 3.8) is 0 Å². The van der Waals surface area contributed by atoms with E-state index in [0.717, 1.165) is 17.7 Å². The SMILES string of the molecule is CCCOc1ccc(/C=C(\C#N)C(=O)Nc2ccc(NC(C)=O)cc2)cc1. The second kappa shape index (κ2) is 9.78. The van der Waals surface area contributed by atoms with E-state index in [2.05, 4.69) is 10.6 Å². The lowest BCUT2D eigenvalue weighted by atomic mass is 10.1. The van der Waals surface area contributed by atoms with Crippen LogP contribution in [0.3, 0.4) is 0 Å². The molecule has 27 heavy (non-hydrogen) atoms. The number of hydrogen-bond acceptors (Lipinski definition) is 4. The van der Waals surface area contributed by atoms with Gasteiger partial charge in [0.2, 0.25) is 5.91 Å². The summed E-state index contributed by atoms with van der Waals surface area (Å²) in [5.74, 6) is 0.0694. The second-order valence-electron chi connectivity index (χ2n) is 5.80. The van der Waals surface area contributed by atoms with Gasteiger partial charge in [-0.2, -0.15) is 5.26 Å². The summed E-state index contributed by atoms with van der Waals surface area (Å²) in [6.45, 7) is 4.09. The first-order chi connectivity index (χ1) is 13.0. The summed E-state index contributed by atoms with van der Waals surface area (Å²) in [6, 6.07) is 15.7. The van der Waals surface area contributed by atoms with E-state index in [1.54, 1.807) is 48.5 Å². The van der Waals surface area contributed by atoms with Crippen LogP contribution in [0.25, 0.3) is 6.08 Å². The van der Waals surface area contributed by atoms with E-state index in [4.69, 9.17) is 4.74 Å². The molecule has 0 unspecified atom stereocenters. The summed E-state index contributed by atoms with van der Waals surface area (Å²) in [7, 11) is 0. The zero-order valence-electron chi connectivity index (χ0n) is 15.3. The van der Waals surface area contributed by atoms with Crippen LogP contribution in [0.1, 0.15) is 25.8 Å². The molecule has 6 nitrogen and oxygen atoms in total. The number of carbonyl (C=O) groups excluding carboxylic acids is 2. The van der Waals surface area contributed by atoms with Crippen LogP contribution >= 0.6 is 0 Å².